The lowest BCUT2D eigenvalue weighted by Gasteiger charge is -2.17. The van der Waals surface area contributed by atoms with Gasteiger partial charge in [-0.05, 0) is 26.0 Å². The van der Waals surface area contributed by atoms with Gasteiger partial charge in [-0.15, -0.1) is 0 Å². The first kappa shape index (κ1) is 13.0. The maximum atomic E-state index is 11.7. The van der Waals surface area contributed by atoms with E-state index >= 15 is 0 Å². The standard InChI is InChI=1S/C11H15N3O3/c1-6(11(16)17)7(2)14-10(15)9-4-3-8(12)5-13-9/h3-7H,12H2,1-2H3,(H,14,15)(H,16,17). The van der Waals surface area contributed by atoms with Gasteiger partial charge in [0.05, 0.1) is 17.8 Å². The molecule has 1 aromatic heterocycles. The van der Waals surface area contributed by atoms with Crippen LogP contribution in [0, 0.1) is 5.92 Å². The molecule has 0 saturated heterocycles. The Kier molecular flexibility index (Phi) is 4.03. The molecule has 2 unspecified atom stereocenters. The lowest BCUT2D eigenvalue weighted by atomic mass is 10.0. The Bertz CT molecular complexity index is 416. The fourth-order valence-electron chi connectivity index (χ4n) is 1.16. The summed E-state index contributed by atoms with van der Waals surface area (Å²) in [5.74, 6) is -2.03. The lowest BCUT2D eigenvalue weighted by Crippen LogP contribution is -2.40. The number of aromatic nitrogens is 1. The van der Waals surface area contributed by atoms with Crippen molar-refractivity contribution in [2.45, 2.75) is 19.9 Å². The van der Waals surface area contributed by atoms with E-state index in [0.717, 1.165) is 0 Å². The van der Waals surface area contributed by atoms with Crippen LogP contribution in [-0.4, -0.2) is 28.0 Å². The van der Waals surface area contributed by atoms with E-state index in [-0.39, 0.29) is 5.69 Å². The molecule has 0 aliphatic rings. The third kappa shape index (κ3) is 3.44. The molecule has 0 spiro atoms. The summed E-state index contributed by atoms with van der Waals surface area (Å²) in [7, 11) is 0. The number of carbonyl (C=O) groups excluding carboxylic acids is 1. The maximum absolute atomic E-state index is 11.7. The molecule has 6 nitrogen and oxygen atoms in total. The molecule has 0 fully saturated rings. The number of hydrogen-bond donors (Lipinski definition) is 3. The van der Waals surface area contributed by atoms with Crippen LogP contribution in [0.4, 0.5) is 5.69 Å². The first-order chi connectivity index (χ1) is 7.91. The molecule has 0 radical (unpaired) electrons. The molecule has 1 heterocycles. The average molecular weight is 237 g/mol. The topological polar surface area (TPSA) is 105 Å². The second-order valence-corrected chi connectivity index (χ2v) is 3.87. The number of carboxylic acid groups (broad SMARTS) is 1. The predicted octanol–water partition coefficient (Wildman–Crippen LogP) is 0.503. The predicted molar refractivity (Wildman–Crippen MR) is 62.4 cm³/mol. The van der Waals surface area contributed by atoms with E-state index in [9.17, 15) is 9.59 Å². The Hall–Kier alpha value is -2.11. The van der Waals surface area contributed by atoms with Crippen LogP contribution in [0.3, 0.4) is 0 Å². The number of carboxylic acids is 1. The highest BCUT2D eigenvalue weighted by molar-refractivity contribution is 5.92. The minimum absolute atomic E-state index is 0.212. The molecule has 0 aromatic carbocycles. The Morgan fingerprint density at radius 3 is 2.53 bits per heavy atom. The molecular formula is C11H15N3O3. The fraction of sp³-hybridized carbons (Fsp3) is 0.364. The van der Waals surface area contributed by atoms with Gasteiger partial charge < -0.3 is 16.2 Å². The number of rotatable bonds is 4. The summed E-state index contributed by atoms with van der Waals surface area (Å²) in [4.78, 5) is 26.3. The summed E-state index contributed by atoms with van der Waals surface area (Å²) in [6.07, 6.45) is 1.38. The van der Waals surface area contributed by atoms with Gasteiger partial charge in [-0.2, -0.15) is 0 Å². The van der Waals surface area contributed by atoms with Crippen molar-refractivity contribution in [3.8, 4) is 0 Å². The molecular weight excluding hydrogens is 222 g/mol. The number of hydrogen-bond acceptors (Lipinski definition) is 4. The van der Waals surface area contributed by atoms with Crippen molar-refractivity contribution < 1.29 is 14.7 Å². The van der Waals surface area contributed by atoms with Crippen LogP contribution in [0.5, 0.6) is 0 Å². The normalized spacial score (nSPS) is 13.8. The second-order valence-electron chi connectivity index (χ2n) is 3.87. The SMILES string of the molecule is CC(NC(=O)c1ccc(N)cn1)C(C)C(=O)O. The monoisotopic (exact) mass is 237 g/mol. The minimum atomic E-state index is -0.955. The van der Waals surface area contributed by atoms with Crippen LogP contribution in [0.2, 0.25) is 0 Å². The van der Waals surface area contributed by atoms with Gasteiger partial charge in [0.1, 0.15) is 5.69 Å². The van der Waals surface area contributed by atoms with Crippen LogP contribution < -0.4 is 11.1 Å². The summed E-state index contributed by atoms with van der Waals surface area (Å²) in [6.45, 7) is 3.16. The number of anilines is 1. The molecule has 92 valence electrons. The molecule has 1 amide bonds. The summed E-state index contributed by atoms with van der Waals surface area (Å²) >= 11 is 0. The number of aliphatic carboxylic acids is 1. The van der Waals surface area contributed by atoms with Gasteiger partial charge in [-0.25, -0.2) is 4.98 Å². The highest BCUT2D eigenvalue weighted by Crippen LogP contribution is 2.05. The van der Waals surface area contributed by atoms with E-state index in [1.54, 1.807) is 13.0 Å². The molecule has 0 bridgehead atoms. The number of nitrogens with one attached hydrogen (secondary N) is 1. The van der Waals surface area contributed by atoms with E-state index in [1.165, 1.54) is 19.2 Å². The number of nitrogens with zero attached hydrogens (tertiary/aromatic N) is 1. The molecule has 0 aliphatic heterocycles. The maximum Gasteiger partial charge on any atom is 0.308 e. The Labute approximate surface area is 98.8 Å². The first-order valence-corrected chi connectivity index (χ1v) is 5.17. The summed E-state index contributed by atoms with van der Waals surface area (Å²) in [5, 5.41) is 11.4. The summed E-state index contributed by atoms with van der Waals surface area (Å²) in [5.41, 5.74) is 6.12. The zero-order valence-electron chi connectivity index (χ0n) is 9.68. The molecule has 6 heteroatoms. The highest BCUT2D eigenvalue weighted by atomic mass is 16.4. The van der Waals surface area contributed by atoms with Crippen LogP contribution in [0.25, 0.3) is 0 Å². The van der Waals surface area contributed by atoms with Crippen LogP contribution in [0.15, 0.2) is 18.3 Å². The molecule has 17 heavy (non-hydrogen) atoms. The van der Waals surface area contributed by atoms with Crippen LogP contribution in [-0.2, 0) is 4.79 Å². The van der Waals surface area contributed by atoms with Gasteiger partial charge in [-0.1, -0.05) is 0 Å². The molecule has 1 aromatic rings. The van der Waals surface area contributed by atoms with Gasteiger partial charge in [0.2, 0.25) is 0 Å². The van der Waals surface area contributed by atoms with Crippen molar-refractivity contribution in [3.63, 3.8) is 0 Å². The van der Waals surface area contributed by atoms with Crippen LogP contribution in [0.1, 0.15) is 24.3 Å². The van der Waals surface area contributed by atoms with Gasteiger partial charge >= 0.3 is 5.97 Å². The summed E-state index contributed by atoms with van der Waals surface area (Å²) in [6, 6.07) is 2.58. The Morgan fingerprint density at radius 2 is 2.06 bits per heavy atom. The Balaban J connectivity index is 2.66. The summed E-state index contributed by atoms with van der Waals surface area (Å²) < 4.78 is 0. The van der Waals surface area contributed by atoms with Crippen molar-refractivity contribution in [3.05, 3.63) is 24.0 Å². The van der Waals surface area contributed by atoms with Gasteiger partial charge in [0.15, 0.2) is 0 Å². The zero-order valence-corrected chi connectivity index (χ0v) is 9.68. The largest absolute Gasteiger partial charge is 0.481 e. The zero-order chi connectivity index (χ0) is 13.0. The number of carbonyl (C=O) groups is 2. The van der Waals surface area contributed by atoms with Gasteiger partial charge in [0.25, 0.3) is 5.91 Å². The van der Waals surface area contributed by atoms with E-state index in [4.69, 9.17) is 10.8 Å². The van der Waals surface area contributed by atoms with Crippen molar-refractivity contribution in [1.29, 1.82) is 0 Å². The smallest absolute Gasteiger partial charge is 0.308 e. The van der Waals surface area contributed by atoms with E-state index < -0.39 is 23.8 Å². The number of nitrogen functional groups attached to an aromatic ring is 1. The number of nitrogens with two attached hydrogens (primary N) is 1. The van der Waals surface area contributed by atoms with Crippen molar-refractivity contribution in [1.82, 2.24) is 10.3 Å². The fourth-order valence-corrected chi connectivity index (χ4v) is 1.16. The third-order valence-corrected chi connectivity index (χ3v) is 2.52. The molecule has 0 saturated carbocycles. The highest BCUT2D eigenvalue weighted by Gasteiger charge is 2.21. The van der Waals surface area contributed by atoms with E-state index in [1.807, 2.05) is 0 Å². The van der Waals surface area contributed by atoms with Crippen molar-refractivity contribution in [2.75, 3.05) is 5.73 Å². The number of amides is 1. The molecule has 0 aliphatic carbocycles. The molecule has 2 atom stereocenters. The Morgan fingerprint density at radius 1 is 1.41 bits per heavy atom. The quantitative estimate of drug-likeness (QED) is 0.707. The van der Waals surface area contributed by atoms with E-state index in [2.05, 4.69) is 10.3 Å². The third-order valence-electron chi connectivity index (χ3n) is 2.52. The van der Waals surface area contributed by atoms with E-state index in [0.29, 0.717) is 5.69 Å². The lowest BCUT2D eigenvalue weighted by molar-refractivity contribution is -0.141. The minimum Gasteiger partial charge on any atom is -0.481 e. The second kappa shape index (κ2) is 5.29. The average Bonchev–Trinajstić information content (AvgIpc) is 2.28. The first-order valence-electron chi connectivity index (χ1n) is 5.17. The van der Waals surface area contributed by atoms with Gasteiger partial charge in [0, 0.05) is 6.04 Å². The van der Waals surface area contributed by atoms with Crippen LogP contribution >= 0.6 is 0 Å². The van der Waals surface area contributed by atoms with Crippen molar-refractivity contribution in [2.24, 2.45) is 5.92 Å². The van der Waals surface area contributed by atoms with Crippen molar-refractivity contribution >= 4 is 17.6 Å². The molecule has 1 rings (SSSR count). The molecule has 4 N–H and O–H groups in total. The van der Waals surface area contributed by atoms with Gasteiger partial charge in [-0.3, -0.25) is 9.59 Å². The number of pyridine rings is 1.